The predicted octanol–water partition coefficient (Wildman–Crippen LogP) is 3.99. The van der Waals surface area contributed by atoms with Crippen LogP contribution >= 0.6 is 0 Å². The third-order valence-electron chi connectivity index (χ3n) is 5.80. The molecule has 182 valence electrons. The second-order valence-electron chi connectivity index (χ2n) is 8.44. The van der Waals surface area contributed by atoms with E-state index in [0.717, 1.165) is 16.7 Å². The van der Waals surface area contributed by atoms with Crippen LogP contribution in [-0.2, 0) is 19.6 Å². The first kappa shape index (κ1) is 24.3. The number of amides is 1. The molecule has 0 spiro atoms. The maximum Gasteiger partial charge on any atom is 0.337 e. The molecule has 8 nitrogen and oxygen atoms in total. The second kappa shape index (κ2) is 9.42. The Morgan fingerprint density at radius 1 is 0.971 bits per heavy atom. The van der Waals surface area contributed by atoms with Crippen molar-refractivity contribution in [2.24, 2.45) is 0 Å². The molecule has 0 radical (unpaired) electrons. The summed E-state index contributed by atoms with van der Waals surface area (Å²) in [7, 11) is -2.69. The number of fused-ring (bicyclic) bond motifs is 1. The van der Waals surface area contributed by atoms with Crippen molar-refractivity contribution in [2.45, 2.75) is 31.8 Å². The molecule has 3 aromatic rings. The number of methoxy groups -OCH3 is 1. The Kier molecular flexibility index (Phi) is 6.53. The number of carbonyl (C=O) groups is 2. The van der Waals surface area contributed by atoms with Gasteiger partial charge in [-0.2, -0.15) is 0 Å². The van der Waals surface area contributed by atoms with Crippen LogP contribution in [0, 0.1) is 20.8 Å². The first-order valence-corrected chi connectivity index (χ1v) is 12.4. The Balaban J connectivity index is 1.68. The van der Waals surface area contributed by atoms with Gasteiger partial charge in [0.05, 0.1) is 29.8 Å². The number of esters is 1. The van der Waals surface area contributed by atoms with Gasteiger partial charge >= 0.3 is 5.97 Å². The Labute approximate surface area is 204 Å². The van der Waals surface area contributed by atoms with E-state index in [9.17, 15) is 18.0 Å². The maximum atomic E-state index is 13.6. The molecule has 1 heterocycles. The molecule has 35 heavy (non-hydrogen) atoms. The van der Waals surface area contributed by atoms with Gasteiger partial charge in [0.15, 0.2) is 6.10 Å². The van der Waals surface area contributed by atoms with E-state index in [1.807, 2.05) is 13.8 Å². The van der Waals surface area contributed by atoms with Gasteiger partial charge in [0.2, 0.25) is 0 Å². The van der Waals surface area contributed by atoms with Crippen molar-refractivity contribution in [3.63, 3.8) is 0 Å². The summed E-state index contributed by atoms with van der Waals surface area (Å²) in [6.07, 6.45) is -1.12. The van der Waals surface area contributed by atoms with Gasteiger partial charge in [-0.1, -0.05) is 29.8 Å². The van der Waals surface area contributed by atoms with Gasteiger partial charge < -0.3 is 14.8 Å². The van der Waals surface area contributed by atoms with Gasteiger partial charge in [0.25, 0.3) is 15.9 Å². The molecule has 1 amide bonds. The minimum Gasteiger partial charge on any atom is -0.476 e. The highest BCUT2D eigenvalue weighted by molar-refractivity contribution is 7.92. The molecule has 0 unspecified atom stereocenters. The fourth-order valence-electron chi connectivity index (χ4n) is 3.78. The van der Waals surface area contributed by atoms with E-state index in [-0.39, 0.29) is 17.0 Å². The van der Waals surface area contributed by atoms with Crippen molar-refractivity contribution in [3.05, 3.63) is 82.9 Å². The number of hydrogen-bond acceptors (Lipinski definition) is 6. The number of sulfonamides is 1. The number of nitrogens with zero attached hydrogens (tertiary/aromatic N) is 1. The van der Waals surface area contributed by atoms with Gasteiger partial charge in [-0.15, -0.1) is 0 Å². The Hall–Kier alpha value is -3.85. The first-order chi connectivity index (χ1) is 16.6. The van der Waals surface area contributed by atoms with Crippen molar-refractivity contribution in [3.8, 4) is 5.75 Å². The Morgan fingerprint density at radius 3 is 2.34 bits per heavy atom. The number of nitrogens with one attached hydrogen (secondary N) is 1. The summed E-state index contributed by atoms with van der Waals surface area (Å²) in [6.45, 7) is 5.30. The van der Waals surface area contributed by atoms with Crippen LogP contribution in [0.3, 0.4) is 0 Å². The summed E-state index contributed by atoms with van der Waals surface area (Å²) in [6, 6.07) is 16.5. The molecule has 0 saturated carbocycles. The summed E-state index contributed by atoms with van der Waals surface area (Å²) in [5.41, 5.74) is 3.57. The van der Waals surface area contributed by atoms with Crippen LogP contribution in [0.2, 0.25) is 0 Å². The molecule has 0 saturated heterocycles. The molecule has 1 N–H and O–H groups in total. The number of benzene rings is 3. The van der Waals surface area contributed by atoms with E-state index in [1.165, 1.54) is 17.5 Å². The molecular formula is C26H26N2O6S. The summed E-state index contributed by atoms with van der Waals surface area (Å²) in [4.78, 5) is 25.3. The Morgan fingerprint density at radius 2 is 1.66 bits per heavy atom. The third-order valence-corrected chi connectivity index (χ3v) is 7.60. The molecule has 0 aliphatic carbocycles. The Bertz CT molecular complexity index is 1400. The van der Waals surface area contributed by atoms with E-state index < -0.39 is 28.0 Å². The number of anilines is 2. The zero-order valence-electron chi connectivity index (χ0n) is 19.9. The van der Waals surface area contributed by atoms with E-state index in [4.69, 9.17) is 9.47 Å². The minimum absolute atomic E-state index is 0.123. The fraction of sp³-hybridized carbons (Fsp3) is 0.231. The van der Waals surface area contributed by atoms with E-state index >= 15 is 0 Å². The number of rotatable bonds is 5. The third kappa shape index (κ3) is 4.85. The summed E-state index contributed by atoms with van der Waals surface area (Å²) in [5.74, 6) is -0.771. The van der Waals surface area contributed by atoms with Crippen LogP contribution in [0.15, 0.2) is 65.6 Å². The lowest BCUT2D eigenvalue weighted by atomic mass is 10.1. The number of aryl methyl sites for hydroxylation is 3. The summed E-state index contributed by atoms with van der Waals surface area (Å²) >= 11 is 0. The van der Waals surface area contributed by atoms with Gasteiger partial charge in [-0.05, 0) is 68.3 Å². The predicted molar refractivity (Wildman–Crippen MR) is 132 cm³/mol. The standard InChI is InChI=1S/C26H26N2O6S/c1-16-5-10-20(11-6-16)35(31,32)28-15-24(34-23-13-17(2)7-12-22(23)28)25(29)27-21-14-19(26(30)33-4)9-8-18(21)3/h5-14,24H,15H2,1-4H3,(H,27,29)/t24-/m1/s1. The van der Waals surface area contributed by atoms with Crippen LogP contribution in [0.4, 0.5) is 11.4 Å². The van der Waals surface area contributed by atoms with Gasteiger partial charge in [0, 0.05) is 5.69 Å². The number of hydrogen-bond donors (Lipinski definition) is 1. The van der Waals surface area contributed by atoms with Crippen LogP contribution < -0.4 is 14.4 Å². The molecule has 1 atom stereocenters. The molecule has 9 heteroatoms. The lowest BCUT2D eigenvalue weighted by Crippen LogP contribution is -2.48. The molecule has 4 rings (SSSR count). The zero-order valence-corrected chi connectivity index (χ0v) is 20.7. The van der Waals surface area contributed by atoms with Crippen LogP contribution in [0.25, 0.3) is 0 Å². The molecule has 3 aromatic carbocycles. The molecule has 0 fully saturated rings. The number of carbonyl (C=O) groups excluding carboxylic acids is 2. The van der Waals surface area contributed by atoms with Crippen LogP contribution in [-0.4, -0.2) is 40.1 Å². The molecular weight excluding hydrogens is 468 g/mol. The highest BCUT2D eigenvalue weighted by Crippen LogP contribution is 2.38. The zero-order chi connectivity index (χ0) is 25.3. The fourth-order valence-corrected chi connectivity index (χ4v) is 5.25. The van der Waals surface area contributed by atoms with E-state index in [0.29, 0.717) is 17.1 Å². The highest BCUT2D eigenvalue weighted by Gasteiger charge is 2.37. The van der Waals surface area contributed by atoms with Gasteiger partial charge in [-0.3, -0.25) is 9.10 Å². The highest BCUT2D eigenvalue weighted by atomic mass is 32.2. The van der Waals surface area contributed by atoms with E-state index in [1.54, 1.807) is 61.5 Å². The van der Waals surface area contributed by atoms with Crippen molar-refractivity contribution in [2.75, 3.05) is 23.3 Å². The lowest BCUT2D eigenvalue weighted by molar-refractivity contribution is -0.122. The smallest absolute Gasteiger partial charge is 0.337 e. The molecule has 0 bridgehead atoms. The molecule has 0 aromatic heterocycles. The molecule has 1 aliphatic heterocycles. The quantitative estimate of drug-likeness (QED) is 0.538. The van der Waals surface area contributed by atoms with Crippen molar-refractivity contribution >= 4 is 33.3 Å². The maximum absolute atomic E-state index is 13.6. The summed E-state index contributed by atoms with van der Waals surface area (Å²) in [5, 5.41) is 2.77. The average molecular weight is 495 g/mol. The molecule has 1 aliphatic rings. The largest absolute Gasteiger partial charge is 0.476 e. The summed E-state index contributed by atoms with van der Waals surface area (Å²) < 4.78 is 39.0. The van der Waals surface area contributed by atoms with Crippen molar-refractivity contribution in [1.29, 1.82) is 0 Å². The van der Waals surface area contributed by atoms with Crippen LogP contribution in [0.1, 0.15) is 27.0 Å². The van der Waals surface area contributed by atoms with Gasteiger partial charge in [-0.25, -0.2) is 13.2 Å². The van der Waals surface area contributed by atoms with Gasteiger partial charge in [0.1, 0.15) is 5.75 Å². The van der Waals surface area contributed by atoms with Crippen LogP contribution in [0.5, 0.6) is 5.75 Å². The SMILES string of the molecule is COC(=O)c1ccc(C)c(NC(=O)[C@H]2CN(S(=O)(=O)c3ccc(C)cc3)c3ccc(C)cc3O2)c1. The topological polar surface area (TPSA) is 102 Å². The minimum atomic E-state index is -3.96. The van der Waals surface area contributed by atoms with Crippen molar-refractivity contribution in [1.82, 2.24) is 0 Å². The lowest BCUT2D eigenvalue weighted by Gasteiger charge is -2.35. The monoisotopic (exact) mass is 494 g/mol. The van der Waals surface area contributed by atoms with E-state index in [2.05, 4.69) is 5.32 Å². The van der Waals surface area contributed by atoms with Crippen molar-refractivity contribution < 1.29 is 27.5 Å². The first-order valence-electron chi connectivity index (χ1n) is 11.0. The second-order valence-corrected chi connectivity index (χ2v) is 10.3. The number of ether oxygens (including phenoxy) is 2. The average Bonchev–Trinajstić information content (AvgIpc) is 2.84. The normalized spacial score (nSPS) is 15.1.